The molecule has 2 aromatic carbocycles. The highest BCUT2D eigenvalue weighted by Crippen LogP contribution is 2.61. The summed E-state index contributed by atoms with van der Waals surface area (Å²) in [5.74, 6) is -2.46. The summed E-state index contributed by atoms with van der Waals surface area (Å²) in [6, 6.07) is 11.0. The number of nitrogens with zero attached hydrogens (tertiary/aromatic N) is 3. The lowest BCUT2D eigenvalue weighted by Gasteiger charge is -2.36. The van der Waals surface area contributed by atoms with Crippen LogP contribution in [0.3, 0.4) is 0 Å². The minimum atomic E-state index is -1.21. The Morgan fingerprint density at radius 3 is 2.58 bits per heavy atom. The van der Waals surface area contributed by atoms with Gasteiger partial charge < -0.3 is 5.32 Å². The number of carbonyl (C=O) groups excluding carboxylic acids is 3. The largest absolute Gasteiger partial charge is 0.324 e. The van der Waals surface area contributed by atoms with Gasteiger partial charge in [-0.1, -0.05) is 25.1 Å². The van der Waals surface area contributed by atoms with Crippen LogP contribution in [-0.2, 0) is 26.3 Å². The molecule has 4 heterocycles. The van der Waals surface area contributed by atoms with Gasteiger partial charge in [-0.2, -0.15) is 0 Å². The summed E-state index contributed by atoms with van der Waals surface area (Å²) < 4.78 is 0. The van der Waals surface area contributed by atoms with Gasteiger partial charge in [-0.3, -0.25) is 29.4 Å². The van der Waals surface area contributed by atoms with Crippen molar-refractivity contribution in [1.82, 2.24) is 4.90 Å². The third-order valence-corrected chi connectivity index (χ3v) is 7.81. The number of non-ortho nitro benzene ring substituents is 1. The first kappa shape index (κ1) is 20.0. The van der Waals surface area contributed by atoms with Crippen LogP contribution in [0.15, 0.2) is 42.5 Å². The van der Waals surface area contributed by atoms with Crippen LogP contribution in [0.25, 0.3) is 0 Å². The molecule has 0 radical (unpaired) electrons. The molecule has 0 unspecified atom stereocenters. The number of nitro benzene ring substituents is 1. The molecule has 4 aliphatic rings. The third kappa shape index (κ3) is 2.32. The number of hydrogen-bond donors (Lipinski definition) is 1. The molecule has 9 nitrogen and oxygen atoms in total. The first-order valence-electron chi connectivity index (χ1n) is 11.2. The van der Waals surface area contributed by atoms with Crippen molar-refractivity contribution in [3.63, 3.8) is 0 Å². The summed E-state index contributed by atoms with van der Waals surface area (Å²) in [6.45, 7) is 2.67. The van der Waals surface area contributed by atoms with Crippen molar-refractivity contribution in [2.45, 2.75) is 37.8 Å². The van der Waals surface area contributed by atoms with Crippen LogP contribution in [0.5, 0.6) is 0 Å². The number of para-hydroxylation sites is 1. The van der Waals surface area contributed by atoms with Crippen molar-refractivity contribution < 1.29 is 19.3 Å². The summed E-state index contributed by atoms with van der Waals surface area (Å²) in [6.07, 6.45) is 2.33. The predicted octanol–water partition coefficient (Wildman–Crippen LogP) is 2.59. The van der Waals surface area contributed by atoms with Gasteiger partial charge in [-0.25, -0.2) is 4.90 Å². The second kappa shape index (κ2) is 6.71. The number of imide groups is 1. The van der Waals surface area contributed by atoms with Crippen molar-refractivity contribution in [3.8, 4) is 0 Å². The second-order valence-corrected chi connectivity index (χ2v) is 9.11. The Kier molecular flexibility index (Phi) is 4.08. The average Bonchev–Trinajstić information content (AvgIpc) is 3.52. The molecule has 2 aromatic rings. The number of anilines is 2. The zero-order valence-electron chi connectivity index (χ0n) is 18.0. The number of nitrogens with one attached hydrogen (secondary N) is 1. The molecule has 3 fully saturated rings. The molecule has 6 rings (SSSR count). The van der Waals surface area contributed by atoms with E-state index in [2.05, 4.69) is 10.2 Å². The molecule has 4 atom stereocenters. The lowest BCUT2D eigenvalue weighted by Crippen LogP contribution is -2.54. The molecule has 0 saturated carbocycles. The molecule has 0 aromatic heterocycles. The molecule has 0 bridgehead atoms. The van der Waals surface area contributed by atoms with Crippen molar-refractivity contribution in [1.29, 1.82) is 0 Å². The molecule has 3 amide bonds. The molecule has 1 N–H and O–H groups in total. The quantitative estimate of drug-likeness (QED) is 0.441. The van der Waals surface area contributed by atoms with Crippen LogP contribution < -0.4 is 10.2 Å². The van der Waals surface area contributed by atoms with Crippen molar-refractivity contribution in [2.24, 2.45) is 11.8 Å². The van der Waals surface area contributed by atoms with Gasteiger partial charge in [-0.05, 0) is 43.5 Å². The van der Waals surface area contributed by atoms with Gasteiger partial charge >= 0.3 is 0 Å². The average molecular weight is 446 g/mol. The molecular formula is C24H22N4O5. The Bertz CT molecular complexity index is 1240. The minimum absolute atomic E-state index is 0.118. The van der Waals surface area contributed by atoms with E-state index in [9.17, 15) is 24.5 Å². The number of nitro groups is 1. The number of aryl methyl sites for hydroxylation is 1. The van der Waals surface area contributed by atoms with E-state index in [0.29, 0.717) is 12.2 Å². The van der Waals surface area contributed by atoms with Gasteiger partial charge in [0.2, 0.25) is 17.7 Å². The Labute approximate surface area is 189 Å². The van der Waals surface area contributed by atoms with E-state index < -0.39 is 28.2 Å². The number of rotatable bonds is 3. The first-order chi connectivity index (χ1) is 15.9. The van der Waals surface area contributed by atoms with Gasteiger partial charge in [0.15, 0.2) is 0 Å². The topological polar surface area (TPSA) is 113 Å². The fourth-order valence-corrected chi connectivity index (χ4v) is 6.56. The zero-order valence-corrected chi connectivity index (χ0v) is 18.0. The monoisotopic (exact) mass is 446 g/mol. The van der Waals surface area contributed by atoms with E-state index in [0.717, 1.165) is 41.0 Å². The highest BCUT2D eigenvalue weighted by molar-refractivity contribution is 6.26. The Morgan fingerprint density at radius 1 is 1.12 bits per heavy atom. The van der Waals surface area contributed by atoms with Crippen LogP contribution in [0.4, 0.5) is 17.1 Å². The van der Waals surface area contributed by atoms with Crippen LogP contribution in [-0.4, -0.2) is 40.1 Å². The molecule has 9 heteroatoms. The summed E-state index contributed by atoms with van der Waals surface area (Å²) in [5.41, 5.74) is 1.50. The van der Waals surface area contributed by atoms with E-state index in [1.807, 2.05) is 25.1 Å². The van der Waals surface area contributed by atoms with Gasteiger partial charge in [0.25, 0.3) is 5.69 Å². The predicted molar refractivity (Wildman–Crippen MR) is 118 cm³/mol. The normalized spacial score (nSPS) is 30.0. The molecule has 4 aliphatic heterocycles. The van der Waals surface area contributed by atoms with E-state index in [1.165, 1.54) is 24.3 Å². The van der Waals surface area contributed by atoms with Crippen LogP contribution >= 0.6 is 0 Å². The number of benzene rings is 2. The standard InChI is InChI=1S/C24H22N4O5/c1-2-13-5-3-6-16-20(13)25-23(31)24(16)19-18(17-7-4-12-26(17)24)21(29)27(22(19)30)14-8-10-15(11-9-14)28(32)33/h3,5-6,8-11,17-19H,2,4,7,12H2,1H3,(H,25,31)/t17-,18-,19-,24-/m0/s1. The zero-order chi connectivity index (χ0) is 23.1. The number of hydrogen-bond acceptors (Lipinski definition) is 6. The maximum Gasteiger partial charge on any atom is 0.269 e. The molecule has 1 spiro atoms. The fraction of sp³-hybridized carbons (Fsp3) is 0.375. The SMILES string of the molecule is CCc1cccc2c1NC(=O)[C@@]21[C@@H]2C(=O)N(c3ccc([N+](=O)[O-])cc3)C(=O)[C@H]2[C@@H]2CCCN21. The lowest BCUT2D eigenvalue weighted by atomic mass is 9.75. The Morgan fingerprint density at radius 2 is 1.88 bits per heavy atom. The van der Waals surface area contributed by atoms with Crippen molar-refractivity contribution in [2.75, 3.05) is 16.8 Å². The molecule has 33 heavy (non-hydrogen) atoms. The van der Waals surface area contributed by atoms with Gasteiger partial charge in [0.05, 0.1) is 22.4 Å². The van der Waals surface area contributed by atoms with Crippen molar-refractivity contribution >= 4 is 34.8 Å². The number of fused-ring (bicyclic) bond motifs is 7. The number of amides is 3. The van der Waals surface area contributed by atoms with Gasteiger partial charge in [0.1, 0.15) is 5.54 Å². The molecular weight excluding hydrogens is 424 g/mol. The fourth-order valence-electron chi connectivity index (χ4n) is 6.56. The summed E-state index contributed by atoms with van der Waals surface area (Å²) in [5, 5.41) is 14.1. The third-order valence-electron chi connectivity index (χ3n) is 7.81. The van der Waals surface area contributed by atoms with Gasteiger partial charge in [-0.15, -0.1) is 0 Å². The first-order valence-corrected chi connectivity index (χ1v) is 11.2. The molecule has 168 valence electrons. The summed E-state index contributed by atoms with van der Waals surface area (Å²) in [4.78, 5) is 55.0. The Balaban J connectivity index is 1.51. The van der Waals surface area contributed by atoms with E-state index in [4.69, 9.17) is 0 Å². The van der Waals surface area contributed by atoms with Crippen molar-refractivity contribution in [3.05, 3.63) is 63.7 Å². The van der Waals surface area contributed by atoms with E-state index in [1.54, 1.807) is 0 Å². The molecule has 0 aliphatic carbocycles. The van der Waals surface area contributed by atoms with Gasteiger partial charge in [0, 0.05) is 29.4 Å². The summed E-state index contributed by atoms with van der Waals surface area (Å²) >= 11 is 0. The maximum atomic E-state index is 13.9. The summed E-state index contributed by atoms with van der Waals surface area (Å²) in [7, 11) is 0. The highest BCUT2D eigenvalue weighted by atomic mass is 16.6. The minimum Gasteiger partial charge on any atom is -0.324 e. The molecule has 3 saturated heterocycles. The smallest absolute Gasteiger partial charge is 0.269 e. The van der Waals surface area contributed by atoms with Crippen LogP contribution in [0.2, 0.25) is 0 Å². The maximum absolute atomic E-state index is 13.9. The Hall–Kier alpha value is -3.59. The van der Waals surface area contributed by atoms with Crippen LogP contribution in [0.1, 0.15) is 30.9 Å². The highest BCUT2D eigenvalue weighted by Gasteiger charge is 2.74. The van der Waals surface area contributed by atoms with Crippen LogP contribution in [0, 0.1) is 22.0 Å². The number of carbonyl (C=O) groups is 3. The lowest BCUT2D eigenvalue weighted by molar-refractivity contribution is -0.384. The van der Waals surface area contributed by atoms with E-state index in [-0.39, 0.29) is 23.5 Å². The van der Waals surface area contributed by atoms with E-state index >= 15 is 0 Å². The second-order valence-electron chi connectivity index (χ2n) is 9.11.